The monoisotopic (exact) mass is 419 g/mol. The summed E-state index contributed by atoms with van der Waals surface area (Å²) < 4.78 is 23.8. The van der Waals surface area contributed by atoms with Gasteiger partial charge in [0, 0.05) is 23.3 Å². The van der Waals surface area contributed by atoms with Gasteiger partial charge in [-0.2, -0.15) is 0 Å². The summed E-state index contributed by atoms with van der Waals surface area (Å²) in [6.07, 6.45) is 3.50. The van der Waals surface area contributed by atoms with Crippen molar-refractivity contribution in [3.63, 3.8) is 0 Å². The molecule has 0 spiro atoms. The van der Waals surface area contributed by atoms with Gasteiger partial charge in [-0.15, -0.1) is 0 Å². The van der Waals surface area contributed by atoms with Crippen LogP contribution in [-0.4, -0.2) is 41.6 Å². The van der Waals surface area contributed by atoms with Crippen LogP contribution in [0.1, 0.15) is 29.6 Å². The molecule has 2 aromatic rings. The van der Waals surface area contributed by atoms with Gasteiger partial charge >= 0.3 is 0 Å². The van der Waals surface area contributed by atoms with Crippen LogP contribution in [0.25, 0.3) is 0 Å². The third-order valence-corrected chi connectivity index (χ3v) is 5.59. The van der Waals surface area contributed by atoms with Gasteiger partial charge < -0.3 is 20.1 Å². The third kappa shape index (κ3) is 3.72. The Morgan fingerprint density at radius 3 is 2.62 bits per heavy atom. The second kappa shape index (κ2) is 7.18. The summed E-state index contributed by atoms with van der Waals surface area (Å²) in [5.41, 5.74) is -0.259. The molecule has 3 aliphatic carbocycles. The summed E-state index contributed by atoms with van der Waals surface area (Å²) in [7, 11) is 1.46. The first-order valence-corrected chi connectivity index (χ1v) is 9.42. The van der Waals surface area contributed by atoms with Crippen molar-refractivity contribution in [1.29, 1.82) is 0 Å². The van der Waals surface area contributed by atoms with E-state index in [1.54, 1.807) is 18.3 Å². The molecule has 1 heterocycles. The van der Waals surface area contributed by atoms with Crippen molar-refractivity contribution in [2.24, 2.45) is 0 Å². The molecular formula is C20H19ClFN3O4. The van der Waals surface area contributed by atoms with E-state index in [9.17, 15) is 14.0 Å². The first kappa shape index (κ1) is 19.4. The normalized spacial score (nSPS) is 24.0. The van der Waals surface area contributed by atoms with Crippen molar-refractivity contribution in [3.05, 3.63) is 52.9 Å². The van der Waals surface area contributed by atoms with E-state index >= 15 is 0 Å². The zero-order valence-electron chi connectivity index (χ0n) is 15.6. The van der Waals surface area contributed by atoms with Crippen LogP contribution >= 0.6 is 11.6 Å². The van der Waals surface area contributed by atoms with Crippen molar-refractivity contribution in [1.82, 2.24) is 15.6 Å². The zero-order valence-corrected chi connectivity index (χ0v) is 16.4. The minimum absolute atomic E-state index is 0.00748. The van der Waals surface area contributed by atoms with E-state index in [-0.39, 0.29) is 46.2 Å². The van der Waals surface area contributed by atoms with Gasteiger partial charge in [-0.1, -0.05) is 11.6 Å². The van der Waals surface area contributed by atoms with Crippen molar-refractivity contribution in [2.75, 3.05) is 13.7 Å². The average Bonchev–Trinajstić information content (AvgIpc) is 2.66. The van der Waals surface area contributed by atoms with Crippen LogP contribution in [0.3, 0.4) is 0 Å². The van der Waals surface area contributed by atoms with Gasteiger partial charge in [-0.3, -0.25) is 9.59 Å². The van der Waals surface area contributed by atoms with E-state index in [0.717, 1.165) is 6.07 Å². The standard InChI is InChI=1S/C20H19ClFN3O4/c1-28-18-13(3-2-6-23-18)17(27)25-20-9-19(10-20,11-20)24-16(26)8-29-12-4-5-14(21)15(22)7-12/h2-7H,8-11H2,1H3,(H,24,26)(H,25,27). The molecule has 29 heavy (non-hydrogen) atoms. The average molecular weight is 420 g/mol. The van der Waals surface area contributed by atoms with Gasteiger partial charge in [0.25, 0.3) is 11.8 Å². The second-order valence-corrected chi connectivity index (χ2v) is 7.93. The number of hydrogen-bond acceptors (Lipinski definition) is 5. The van der Waals surface area contributed by atoms with Gasteiger partial charge in [0.1, 0.15) is 17.1 Å². The van der Waals surface area contributed by atoms with E-state index in [4.69, 9.17) is 21.1 Å². The predicted molar refractivity (Wildman–Crippen MR) is 103 cm³/mol. The topological polar surface area (TPSA) is 89.5 Å². The van der Waals surface area contributed by atoms with Gasteiger partial charge in [0.05, 0.1) is 12.1 Å². The number of nitrogens with one attached hydrogen (secondary N) is 2. The summed E-state index contributed by atoms with van der Waals surface area (Å²) in [6.45, 7) is -0.227. The number of pyridine rings is 1. The Balaban J connectivity index is 1.26. The Kier molecular flexibility index (Phi) is 4.82. The minimum Gasteiger partial charge on any atom is -0.484 e. The van der Waals surface area contributed by atoms with Crippen LogP contribution in [0, 0.1) is 5.82 Å². The fraction of sp³-hybridized carbons (Fsp3) is 0.350. The van der Waals surface area contributed by atoms with Crippen molar-refractivity contribution in [3.8, 4) is 11.6 Å². The van der Waals surface area contributed by atoms with Crippen LogP contribution in [0.4, 0.5) is 4.39 Å². The molecule has 9 heteroatoms. The molecule has 2 N–H and O–H groups in total. The lowest BCUT2D eigenvalue weighted by molar-refractivity contribution is -0.141. The molecule has 3 fully saturated rings. The van der Waals surface area contributed by atoms with Crippen molar-refractivity contribution < 1.29 is 23.5 Å². The lowest BCUT2D eigenvalue weighted by atomic mass is 9.44. The van der Waals surface area contributed by atoms with E-state index in [1.807, 2.05) is 0 Å². The Labute approximate surface area is 171 Å². The van der Waals surface area contributed by atoms with Gasteiger partial charge in [-0.25, -0.2) is 9.37 Å². The molecule has 5 rings (SSSR count). The highest BCUT2D eigenvalue weighted by Crippen LogP contribution is 2.60. The molecule has 0 unspecified atom stereocenters. The third-order valence-electron chi connectivity index (χ3n) is 5.28. The molecule has 152 valence electrons. The smallest absolute Gasteiger partial charge is 0.258 e. The number of carbonyl (C=O) groups is 2. The van der Waals surface area contributed by atoms with Gasteiger partial charge in [-0.05, 0) is 43.5 Å². The molecule has 0 aliphatic heterocycles. The zero-order chi connectivity index (χ0) is 20.6. The van der Waals surface area contributed by atoms with Crippen LogP contribution in [0.2, 0.25) is 5.02 Å². The van der Waals surface area contributed by atoms with Crippen LogP contribution in [-0.2, 0) is 4.79 Å². The second-order valence-electron chi connectivity index (χ2n) is 7.52. The molecule has 7 nitrogen and oxygen atoms in total. The van der Waals surface area contributed by atoms with E-state index in [0.29, 0.717) is 24.8 Å². The molecule has 2 bridgehead atoms. The minimum atomic E-state index is -0.605. The maximum atomic E-state index is 13.4. The summed E-state index contributed by atoms with van der Waals surface area (Å²) >= 11 is 5.62. The molecule has 0 saturated heterocycles. The Bertz CT molecular complexity index is 964. The number of rotatable bonds is 7. The number of aromatic nitrogens is 1. The summed E-state index contributed by atoms with van der Waals surface area (Å²) in [5, 5.41) is 5.96. The van der Waals surface area contributed by atoms with Crippen LogP contribution in [0.15, 0.2) is 36.5 Å². The van der Waals surface area contributed by atoms with Crippen LogP contribution < -0.4 is 20.1 Å². The molecule has 3 aliphatic rings. The first-order valence-electron chi connectivity index (χ1n) is 9.04. The highest BCUT2D eigenvalue weighted by atomic mass is 35.5. The molecule has 1 aromatic heterocycles. The fourth-order valence-corrected chi connectivity index (χ4v) is 4.25. The largest absolute Gasteiger partial charge is 0.484 e. The van der Waals surface area contributed by atoms with Crippen LogP contribution in [0.5, 0.6) is 11.6 Å². The van der Waals surface area contributed by atoms with E-state index in [2.05, 4.69) is 15.6 Å². The van der Waals surface area contributed by atoms with Gasteiger partial charge in [0.15, 0.2) is 6.61 Å². The Morgan fingerprint density at radius 1 is 1.21 bits per heavy atom. The first-order chi connectivity index (χ1) is 13.8. The number of halogens is 2. The summed E-state index contributed by atoms with van der Waals surface area (Å²) in [4.78, 5) is 28.7. The maximum absolute atomic E-state index is 13.4. The maximum Gasteiger partial charge on any atom is 0.258 e. The van der Waals surface area contributed by atoms with Gasteiger partial charge in [0.2, 0.25) is 5.88 Å². The predicted octanol–water partition coefficient (Wildman–Crippen LogP) is 2.48. The number of benzene rings is 1. The summed E-state index contributed by atoms with van der Waals surface area (Å²) in [6, 6.07) is 7.33. The number of amides is 2. The number of carbonyl (C=O) groups excluding carboxylic acids is 2. The molecular weight excluding hydrogens is 401 g/mol. The van der Waals surface area contributed by atoms with E-state index in [1.165, 1.54) is 19.2 Å². The quantitative estimate of drug-likeness (QED) is 0.719. The van der Waals surface area contributed by atoms with E-state index < -0.39 is 5.82 Å². The van der Waals surface area contributed by atoms with Crippen molar-refractivity contribution in [2.45, 2.75) is 30.3 Å². The number of ether oxygens (including phenoxy) is 2. The fourth-order valence-electron chi connectivity index (χ4n) is 4.13. The lowest BCUT2D eigenvalue weighted by Crippen LogP contribution is -2.84. The highest BCUT2D eigenvalue weighted by Gasteiger charge is 2.69. The Morgan fingerprint density at radius 2 is 1.93 bits per heavy atom. The highest BCUT2D eigenvalue weighted by molar-refractivity contribution is 6.30. The molecule has 2 amide bonds. The number of hydrogen-bond donors (Lipinski definition) is 2. The number of nitrogens with zero attached hydrogens (tertiary/aromatic N) is 1. The molecule has 0 radical (unpaired) electrons. The SMILES string of the molecule is COc1ncccc1C(=O)NC12CC(NC(=O)COc3ccc(Cl)c(F)c3)(C1)C2. The lowest BCUT2D eigenvalue weighted by Gasteiger charge is -2.70. The molecule has 3 saturated carbocycles. The number of methoxy groups -OCH3 is 1. The Hall–Kier alpha value is -2.87. The molecule has 0 atom stereocenters. The van der Waals surface area contributed by atoms with Crippen molar-refractivity contribution >= 4 is 23.4 Å². The molecule has 1 aromatic carbocycles. The summed E-state index contributed by atoms with van der Waals surface area (Å²) in [5.74, 6) is -0.646.